The summed E-state index contributed by atoms with van der Waals surface area (Å²) < 4.78 is 5.07. The third-order valence-electron chi connectivity index (χ3n) is 3.25. The predicted molar refractivity (Wildman–Crippen MR) is 85.8 cm³/mol. The topological polar surface area (TPSA) is 64.3 Å². The fourth-order valence-corrected chi connectivity index (χ4v) is 2.12. The average molecular weight is 284 g/mol. The van der Waals surface area contributed by atoms with Crippen LogP contribution in [0.25, 0.3) is 0 Å². The minimum absolute atomic E-state index is 0.224. The number of aryl methyl sites for hydroxylation is 1. The van der Waals surface area contributed by atoms with E-state index < -0.39 is 0 Å². The Morgan fingerprint density at radius 3 is 2.48 bits per heavy atom. The van der Waals surface area contributed by atoms with Gasteiger partial charge in [0.05, 0.1) is 12.7 Å². The Morgan fingerprint density at radius 2 is 1.90 bits per heavy atom. The maximum atomic E-state index is 12.2. The Kier molecular flexibility index (Phi) is 4.82. The van der Waals surface area contributed by atoms with Gasteiger partial charge in [-0.3, -0.25) is 4.79 Å². The molecule has 3 N–H and O–H groups in total. The molecule has 0 spiro atoms. The molecule has 0 aliphatic rings. The minimum atomic E-state index is -0.224. The van der Waals surface area contributed by atoms with Gasteiger partial charge < -0.3 is 15.8 Å². The number of hydrogen-bond acceptors (Lipinski definition) is 3. The van der Waals surface area contributed by atoms with Crippen molar-refractivity contribution in [3.63, 3.8) is 0 Å². The summed E-state index contributed by atoms with van der Waals surface area (Å²) in [7, 11) is 1.56. The SMILES string of the molecule is CCCc1ccc(NC(=O)c2ccc(OC)cc2N)cc1. The van der Waals surface area contributed by atoms with Crippen LogP contribution in [0.15, 0.2) is 42.5 Å². The smallest absolute Gasteiger partial charge is 0.257 e. The normalized spacial score (nSPS) is 10.2. The van der Waals surface area contributed by atoms with E-state index in [0.717, 1.165) is 18.5 Å². The third kappa shape index (κ3) is 3.75. The summed E-state index contributed by atoms with van der Waals surface area (Å²) in [4.78, 5) is 12.2. The van der Waals surface area contributed by atoms with Crippen molar-refractivity contribution in [2.45, 2.75) is 19.8 Å². The molecule has 0 atom stereocenters. The van der Waals surface area contributed by atoms with E-state index in [4.69, 9.17) is 10.5 Å². The van der Waals surface area contributed by atoms with Crippen LogP contribution < -0.4 is 15.8 Å². The number of nitrogens with one attached hydrogen (secondary N) is 1. The van der Waals surface area contributed by atoms with Gasteiger partial charge in [0.15, 0.2) is 0 Å². The van der Waals surface area contributed by atoms with Gasteiger partial charge in [-0.05, 0) is 36.2 Å². The molecular weight excluding hydrogens is 264 g/mol. The fourth-order valence-electron chi connectivity index (χ4n) is 2.12. The Balaban J connectivity index is 2.10. The first-order valence-electron chi connectivity index (χ1n) is 6.98. The van der Waals surface area contributed by atoms with Crippen molar-refractivity contribution < 1.29 is 9.53 Å². The second kappa shape index (κ2) is 6.79. The van der Waals surface area contributed by atoms with Crippen LogP contribution in [0.3, 0.4) is 0 Å². The molecule has 0 unspecified atom stereocenters. The zero-order valence-electron chi connectivity index (χ0n) is 12.3. The van der Waals surface area contributed by atoms with Crippen LogP contribution in [0.2, 0.25) is 0 Å². The van der Waals surface area contributed by atoms with Crippen molar-refractivity contribution in [2.75, 3.05) is 18.2 Å². The number of carbonyl (C=O) groups excluding carboxylic acids is 1. The Morgan fingerprint density at radius 1 is 1.19 bits per heavy atom. The summed E-state index contributed by atoms with van der Waals surface area (Å²) in [5.74, 6) is 0.409. The second-order valence-corrected chi connectivity index (χ2v) is 4.85. The number of amides is 1. The Bertz CT molecular complexity index is 621. The molecule has 0 aliphatic carbocycles. The lowest BCUT2D eigenvalue weighted by atomic mass is 10.1. The summed E-state index contributed by atoms with van der Waals surface area (Å²) >= 11 is 0. The molecule has 4 heteroatoms. The van der Waals surface area contributed by atoms with E-state index in [1.807, 2.05) is 24.3 Å². The lowest BCUT2D eigenvalue weighted by Crippen LogP contribution is -2.14. The standard InChI is InChI=1S/C17H20N2O2/c1-3-4-12-5-7-13(8-6-12)19-17(20)15-10-9-14(21-2)11-16(15)18/h5-11H,3-4,18H2,1-2H3,(H,19,20). The molecule has 21 heavy (non-hydrogen) atoms. The molecule has 0 fully saturated rings. The van der Waals surface area contributed by atoms with E-state index in [-0.39, 0.29) is 5.91 Å². The van der Waals surface area contributed by atoms with Gasteiger partial charge in [0.2, 0.25) is 0 Å². The molecule has 110 valence electrons. The van der Waals surface area contributed by atoms with E-state index in [1.165, 1.54) is 5.56 Å². The zero-order valence-corrected chi connectivity index (χ0v) is 12.3. The van der Waals surface area contributed by atoms with Crippen LogP contribution in [0.1, 0.15) is 29.3 Å². The van der Waals surface area contributed by atoms with Crippen molar-refractivity contribution in [3.8, 4) is 5.75 Å². The lowest BCUT2D eigenvalue weighted by molar-refractivity contribution is 0.102. The van der Waals surface area contributed by atoms with Gasteiger partial charge in [0.1, 0.15) is 5.75 Å². The van der Waals surface area contributed by atoms with E-state index >= 15 is 0 Å². The van der Waals surface area contributed by atoms with Crippen LogP contribution in [0, 0.1) is 0 Å². The number of nitrogens with two attached hydrogens (primary N) is 1. The van der Waals surface area contributed by atoms with Crippen molar-refractivity contribution in [3.05, 3.63) is 53.6 Å². The van der Waals surface area contributed by atoms with Crippen molar-refractivity contribution in [1.29, 1.82) is 0 Å². The van der Waals surface area contributed by atoms with Gasteiger partial charge in [0, 0.05) is 17.4 Å². The number of anilines is 2. The average Bonchev–Trinajstić information content (AvgIpc) is 2.49. The van der Waals surface area contributed by atoms with Gasteiger partial charge >= 0.3 is 0 Å². The van der Waals surface area contributed by atoms with Crippen LogP contribution in [0.4, 0.5) is 11.4 Å². The molecule has 1 amide bonds. The molecule has 0 bridgehead atoms. The number of nitrogen functional groups attached to an aromatic ring is 1. The lowest BCUT2D eigenvalue weighted by Gasteiger charge is -2.09. The molecule has 0 radical (unpaired) electrons. The predicted octanol–water partition coefficient (Wildman–Crippen LogP) is 3.48. The molecule has 0 saturated heterocycles. The van der Waals surface area contributed by atoms with Gasteiger partial charge in [-0.15, -0.1) is 0 Å². The molecule has 2 aromatic carbocycles. The molecule has 0 aliphatic heterocycles. The second-order valence-electron chi connectivity index (χ2n) is 4.85. The highest BCUT2D eigenvalue weighted by Gasteiger charge is 2.10. The van der Waals surface area contributed by atoms with Crippen LogP contribution >= 0.6 is 0 Å². The summed E-state index contributed by atoms with van der Waals surface area (Å²) in [6, 6.07) is 12.9. The molecule has 0 aromatic heterocycles. The number of benzene rings is 2. The van der Waals surface area contributed by atoms with Gasteiger partial charge in [-0.1, -0.05) is 25.5 Å². The quantitative estimate of drug-likeness (QED) is 0.826. The van der Waals surface area contributed by atoms with Gasteiger partial charge in [-0.25, -0.2) is 0 Å². The number of methoxy groups -OCH3 is 1. The first-order valence-corrected chi connectivity index (χ1v) is 6.98. The monoisotopic (exact) mass is 284 g/mol. The molecular formula is C17H20N2O2. The Labute approximate surface area is 124 Å². The molecule has 0 saturated carbocycles. The number of ether oxygens (including phenoxy) is 1. The summed E-state index contributed by atoms with van der Waals surface area (Å²) in [6.45, 7) is 2.14. The molecule has 2 rings (SSSR count). The fraction of sp³-hybridized carbons (Fsp3) is 0.235. The van der Waals surface area contributed by atoms with Crippen molar-refractivity contribution >= 4 is 17.3 Å². The molecule has 2 aromatic rings. The number of carbonyl (C=O) groups is 1. The van der Waals surface area contributed by atoms with Crippen molar-refractivity contribution in [2.24, 2.45) is 0 Å². The summed E-state index contributed by atoms with van der Waals surface area (Å²) in [5, 5.41) is 2.85. The highest BCUT2D eigenvalue weighted by atomic mass is 16.5. The van der Waals surface area contributed by atoms with E-state index in [0.29, 0.717) is 17.0 Å². The largest absolute Gasteiger partial charge is 0.497 e. The first-order chi connectivity index (χ1) is 10.1. The maximum absolute atomic E-state index is 12.2. The summed E-state index contributed by atoms with van der Waals surface area (Å²) in [6.07, 6.45) is 2.15. The van der Waals surface area contributed by atoms with Crippen molar-refractivity contribution in [1.82, 2.24) is 0 Å². The number of hydrogen-bond donors (Lipinski definition) is 2. The van der Waals surface area contributed by atoms with Crippen LogP contribution in [-0.4, -0.2) is 13.0 Å². The number of rotatable bonds is 5. The molecule has 0 heterocycles. The molecule has 4 nitrogen and oxygen atoms in total. The summed E-state index contributed by atoms with van der Waals surface area (Å²) in [5.41, 5.74) is 8.73. The van der Waals surface area contributed by atoms with Crippen LogP contribution in [0.5, 0.6) is 5.75 Å². The van der Waals surface area contributed by atoms with E-state index in [2.05, 4.69) is 12.2 Å². The Hall–Kier alpha value is -2.49. The highest BCUT2D eigenvalue weighted by molar-refractivity contribution is 6.07. The van der Waals surface area contributed by atoms with Gasteiger partial charge in [-0.2, -0.15) is 0 Å². The van der Waals surface area contributed by atoms with E-state index in [1.54, 1.807) is 25.3 Å². The van der Waals surface area contributed by atoms with Gasteiger partial charge in [0.25, 0.3) is 5.91 Å². The zero-order chi connectivity index (χ0) is 15.2. The van der Waals surface area contributed by atoms with Crippen LogP contribution in [-0.2, 0) is 6.42 Å². The maximum Gasteiger partial charge on any atom is 0.257 e. The first kappa shape index (κ1) is 14.9. The highest BCUT2D eigenvalue weighted by Crippen LogP contribution is 2.21. The third-order valence-corrected chi connectivity index (χ3v) is 3.25. The van der Waals surface area contributed by atoms with E-state index in [9.17, 15) is 4.79 Å². The minimum Gasteiger partial charge on any atom is -0.497 e.